The van der Waals surface area contributed by atoms with E-state index >= 15 is 0 Å². The van der Waals surface area contributed by atoms with Gasteiger partial charge in [0.2, 0.25) is 10.0 Å². The Balaban J connectivity index is 1.76. The largest absolute Gasteiger partial charge is 0.484 e. The van der Waals surface area contributed by atoms with Gasteiger partial charge in [-0.15, -0.1) is 0 Å². The normalized spacial score (nSPS) is 18.0. The van der Waals surface area contributed by atoms with Crippen molar-refractivity contribution >= 4 is 38.5 Å². The maximum Gasteiger partial charge on any atom is 0.266 e. The first-order chi connectivity index (χ1) is 14.7. The van der Waals surface area contributed by atoms with E-state index in [1.807, 2.05) is 31.2 Å². The number of hydrogen-bond acceptors (Lipinski definition) is 6. The smallest absolute Gasteiger partial charge is 0.266 e. The third kappa shape index (κ3) is 5.66. The zero-order chi connectivity index (χ0) is 22.6. The molecule has 0 bridgehead atoms. The molecular weight excluding hydrogens is 434 g/mol. The highest BCUT2D eigenvalue weighted by Gasteiger charge is 2.31. The minimum Gasteiger partial charge on any atom is -0.484 e. The highest BCUT2D eigenvalue weighted by Crippen LogP contribution is 2.29. The summed E-state index contributed by atoms with van der Waals surface area (Å²) < 4.78 is 31.6. The van der Waals surface area contributed by atoms with Crippen LogP contribution in [0.2, 0.25) is 0 Å². The van der Waals surface area contributed by atoms with Gasteiger partial charge in [0, 0.05) is 25.9 Å². The quantitative estimate of drug-likeness (QED) is 0.630. The average Bonchev–Trinajstić information content (AvgIpc) is 3.12. The summed E-state index contributed by atoms with van der Waals surface area (Å²) in [6.45, 7) is 4.53. The summed E-state index contributed by atoms with van der Waals surface area (Å²) in [7, 11) is -0.592. The summed E-state index contributed by atoms with van der Waals surface area (Å²) in [5.74, 6) is 0.456. The molecule has 3 rings (SSSR count). The molecule has 7 nitrogen and oxygen atoms in total. The summed E-state index contributed by atoms with van der Waals surface area (Å²) >= 11 is 1.48. The summed E-state index contributed by atoms with van der Waals surface area (Å²) in [5.41, 5.74) is 1.68. The third-order valence-electron chi connectivity index (χ3n) is 4.79. The number of hydrogen-bond donors (Lipinski definition) is 0. The number of aryl methyl sites for hydroxylation is 1. The van der Waals surface area contributed by atoms with Gasteiger partial charge in [0.25, 0.3) is 5.91 Å². The van der Waals surface area contributed by atoms with Gasteiger partial charge in [0.1, 0.15) is 5.75 Å². The van der Waals surface area contributed by atoms with Gasteiger partial charge in [0.05, 0.1) is 10.6 Å². The number of aliphatic imine (C=N–C) groups is 1. The lowest BCUT2D eigenvalue weighted by molar-refractivity contribution is -0.129. The summed E-state index contributed by atoms with van der Waals surface area (Å²) in [4.78, 5) is 19.1. The molecule has 1 atom stereocenters. The minimum atomic E-state index is -3.56. The number of carbonyl (C=O) groups is 1. The van der Waals surface area contributed by atoms with Crippen LogP contribution in [-0.2, 0) is 21.2 Å². The second-order valence-electron chi connectivity index (χ2n) is 7.40. The molecule has 0 saturated carbocycles. The van der Waals surface area contributed by atoms with Gasteiger partial charge in [-0.25, -0.2) is 17.7 Å². The molecule has 0 aliphatic carbocycles. The van der Waals surface area contributed by atoms with Crippen LogP contribution in [0.3, 0.4) is 0 Å². The van der Waals surface area contributed by atoms with E-state index in [0.29, 0.717) is 23.1 Å². The number of sulfonamides is 1. The SMILES string of the molecule is CCc1ccc(OCC(=O)N2CC(C)SC2=Nc2cccc(S(=O)(=O)N(C)C)c2)cc1. The molecule has 1 amide bonds. The zero-order valence-corrected chi connectivity index (χ0v) is 19.7. The number of nitrogens with zero attached hydrogens (tertiary/aromatic N) is 3. The number of benzene rings is 2. The third-order valence-corrected chi connectivity index (χ3v) is 7.68. The lowest BCUT2D eigenvalue weighted by Gasteiger charge is -2.17. The Labute approximate surface area is 188 Å². The van der Waals surface area contributed by atoms with Crippen LogP contribution in [0.5, 0.6) is 5.75 Å². The Kier molecular flexibility index (Phi) is 7.40. The van der Waals surface area contributed by atoms with Crippen LogP contribution in [0, 0.1) is 0 Å². The molecule has 2 aromatic carbocycles. The Morgan fingerprint density at radius 1 is 1.23 bits per heavy atom. The molecular formula is C22H27N3O4S2. The van der Waals surface area contributed by atoms with Crippen LogP contribution in [0.25, 0.3) is 0 Å². The van der Waals surface area contributed by atoms with Crippen LogP contribution >= 0.6 is 11.8 Å². The van der Waals surface area contributed by atoms with E-state index in [2.05, 4.69) is 11.9 Å². The first-order valence-corrected chi connectivity index (χ1v) is 12.3. The van der Waals surface area contributed by atoms with Crippen LogP contribution in [0.4, 0.5) is 5.69 Å². The van der Waals surface area contributed by atoms with Gasteiger partial charge in [-0.3, -0.25) is 9.69 Å². The second-order valence-corrected chi connectivity index (χ2v) is 11.0. The van der Waals surface area contributed by atoms with Gasteiger partial charge in [0.15, 0.2) is 11.8 Å². The monoisotopic (exact) mass is 461 g/mol. The van der Waals surface area contributed by atoms with Crippen molar-refractivity contribution in [1.29, 1.82) is 0 Å². The predicted molar refractivity (Wildman–Crippen MR) is 124 cm³/mol. The molecule has 9 heteroatoms. The topological polar surface area (TPSA) is 79.3 Å². The van der Waals surface area contributed by atoms with Gasteiger partial charge in [-0.05, 0) is 42.3 Å². The molecule has 0 radical (unpaired) electrons. The van der Waals surface area contributed by atoms with Gasteiger partial charge < -0.3 is 4.74 Å². The Morgan fingerprint density at radius 2 is 1.94 bits per heavy atom. The molecule has 0 spiro atoms. The van der Waals surface area contributed by atoms with Crippen molar-refractivity contribution in [2.45, 2.75) is 30.4 Å². The van der Waals surface area contributed by atoms with E-state index in [4.69, 9.17) is 4.74 Å². The van der Waals surface area contributed by atoms with Crippen LogP contribution in [0.1, 0.15) is 19.4 Å². The minimum absolute atomic E-state index is 0.0905. The maximum absolute atomic E-state index is 12.8. The Morgan fingerprint density at radius 3 is 2.58 bits per heavy atom. The first kappa shape index (κ1) is 23.3. The average molecular weight is 462 g/mol. The molecule has 31 heavy (non-hydrogen) atoms. The molecule has 0 aromatic heterocycles. The molecule has 1 heterocycles. The fourth-order valence-corrected chi connectivity index (χ4v) is 4.98. The van der Waals surface area contributed by atoms with Crippen LogP contribution in [0.15, 0.2) is 58.4 Å². The summed E-state index contributed by atoms with van der Waals surface area (Å²) in [6, 6.07) is 14.1. The van der Waals surface area contributed by atoms with E-state index in [0.717, 1.165) is 10.7 Å². The van der Waals surface area contributed by atoms with Crippen molar-refractivity contribution in [3.63, 3.8) is 0 Å². The molecule has 1 fully saturated rings. The van der Waals surface area contributed by atoms with Crippen molar-refractivity contribution in [1.82, 2.24) is 9.21 Å². The van der Waals surface area contributed by atoms with E-state index in [-0.39, 0.29) is 22.7 Å². The lowest BCUT2D eigenvalue weighted by atomic mass is 10.2. The number of ether oxygens (including phenoxy) is 1. The molecule has 2 aromatic rings. The van der Waals surface area contributed by atoms with Crippen molar-refractivity contribution in [3.8, 4) is 5.75 Å². The maximum atomic E-state index is 12.8. The van der Waals surface area contributed by atoms with E-state index in [1.165, 1.54) is 43.6 Å². The highest BCUT2D eigenvalue weighted by atomic mass is 32.2. The molecule has 1 unspecified atom stereocenters. The van der Waals surface area contributed by atoms with Crippen molar-refractivity contribution in [2.24, 2.45) is 4.99 Å². The fraction of sp³-hybridized carbons (Fsp3) is 0.364. The first-order valence-electron chi connectivity index (χ1n) is 10.0. The molecule has 166 valence electrons. The summed E-state index contributed by atoms with van der Waals surface area (Å²) in [6.07, 6.45) is 0.943. The van der Waals surface area contributed by atoms with Crippen LogP contribution < -0.4 is 4.74 Å². The van der Waals surface area contributed by atoms with Gasteiger partial charge in [-0.1, -0.05) is 43.8 Å². The van der Waals surface area contributed by atoms with E-state index in [1.54, 1.807) is 17.0 Å². The number of amides is 1. The van der Waals surface area contributed by atoms with Crippen molar-refractivity contribution in [3.05, 3.63) is 54.1 Å². The fourth-order valence-electron chi connectivity index (χ4n) is 2.99. The second kappa shape index (κ2) is 9.84. The van der Waals surface area contributed by atoms with Gasteiger partial charge >= 0.3 is 0 Å². The van der Waals surface area contributed by atoms with Crippen LogP contribution in [-0.4, -0.2) is 61.2 Å². The number of rotatable bonds is 7. The van der Waals surface area contributed by atoms with Crippen molar-refractivity contribution < 1.29 is 17.9 Å². The molecule has 0 N–H and O–H groups in total. The number of thioether (sulfide) groups is 1. The lowest BCUT2D eigenvalue weighted by Crippen LogP contribution is -2.36. The molecule has 1 aliphatic rings. The zero-order valence-electron chi connectivity index (χ0n) is 18.1. The predicted octanol–water partition coefficient (Wildman–Crippen LogP) is 3.53. The Bertz CT molecular complexity index is 1070. The van der Waals surface area contributed by atoms with Crippen molar-refractivity contribution in [2.75, 3.05) is 27.2 Å². The van der Waals surface area contributed by atoms with E-state index in [9.17, 15) is 13.2 Å². The number of amidine groups is 1. The standard InChI is InChI=1S/C22H27N3O4S2/c1-5-17-9-11-19(12-10-17)29-15-21(26)25-14-16(2)30-22(25)23-18-7-6-8-20(13-18)31(27,28)24(3)4/h6-13,16H,5,14-15H2,1-4H3. The Hall–Kier alpha value is -2.36. The van der Waals surface area contributed by atoms with E-state index < -0.39 is 10.0 Å². The molecule has 1 saturated heterocycles. The summed E-state index contributed by atoms with van der Waals surface area (Å²) in [5, 5.41) is 0.724. The number of carbonyl (C=O) groups excluding carboxylic acids is 1. The molecule has 1 aliphatic heterocycles. The highest BCUT2D eigenvalue weighted by molar-refractivity contribution is 8.14. The van der Waals surface area contributed by atoms with Gasteiger partial charge in [-0.2, -0.15) is 0 Å².